The zero-order valence-corrected chi connectivity index (χ0v) is 12.5. The van der Waals surface area contributed by atoms with E-state index in [-0.39, 0.29) is 12.8 Å². The van der Waals surface area contributed by atoms with Gasteiger partial charge in [0.1, 0.15) is 5.75 Å². The number of rotatable bonds is 8. The van der Waals surface area contributed by atoms with Crippen LogP contribution in [0.4, 0.5) is 0 Å². The molecule has 0 saturated carbocycles. The molecule has 0 aromatic heterocycles. The van der Waals surface area contributed by atoms with E-state index in [1.54, 1.807) is 0 Å². The Bertz CT molecular complexity index is 511. The summed E-state index contributed by atoms with van der Waals surface area (Å²) in [6, 6.07) is 18.3. The van der Waals surface area contributed by atoms with Crippen molar-refractivity contribution in [3.05, 3.63) is 65.7 Å². The molecule has 2 N–H and O–H groups in total. The van der Waals surface area contributed by atoms with Crippen LogP contribution in [0.15, 0.2) is 54.6 Å². The third-order valence-electron chi connectivity index (χ3n) is 3.37. The van der Waals surface area contributed by atoms with Gasteiger partial charge in [-0.1, -0.05) is 49.4 Å². The van der Waals surface area contributed by atoms with Crippen molar-refractivity contribution in [1.82, 2.24) is 0 Å². The summed E-state index contributed by atoms with van der Waals surface area (Å²) in [6.07, 6.45) is 1.90. The lowest BCUT2D eigenvalue weighted by Crippen LogP contribution is -2.21. The zero-order chi connectivity index (χ0) is 14.9. The minimum absolute atomic E-state index is 0.228. The molecule has 1 unspecified atom stereocenters. The summed E-state index contributed by atoms with van der Waals surface area (Å²) in [5.41, 5.74) is 8.33. The largest absolute Gasteiger partial charge is 0.468 e. The molecule has 0 aliphatic carbocycles. The van der Waals surface area contributed by atoms with E-state index in [4.69, 9.17) is 15.2 Å². The molecule has 0 amide bonds. The van der Waals surface area contributed by atoms with E-state index in [1.165, 1.54) is 5.56 Å². The third-order valence-corrected chi connectivity index (χ3v) is 3.37. The van der Waals surface area contributed by atoms with Gasteiger partial charge in [0.2, 0.25) is 0 Å². The molecule has 2 aromatic rings. The Labute approximate surface area is 126 Å². The smallest absolute Gasteiger partial charge is 0.189 e. The molecule has 0 radical (unpaired) electrons. The van der Waals surface area contributed by atoms with Crippen molar-refractivity contribution in [3.8, 4) is 5.75 Å². The van der Waals surface area contributed by atoms with Gasteiger partial charge in [0, 0.05) is 6.04 Å². The van der Waals surface area contributed by atoms with Crippen LogP contribution in [0.2, 0.25) is 0 Å². The fraction of sp³-hybridized carbons (Fsp3) is 0.333. The molecule has 0 fully saturated rings. The van der Waals surface area contributed by atoms with E-state index in [2.05, 4.69) is 19.1 Å². The molecule has 3 heteroatoms. The Morgan fingerprint density at radius 1 is 0.952 bits per heavy atom. The van der Waals surface area contributed by atoms with Gasteiger partial charge in [0.25, 0.3) is 0 Å². The van der Waals surface area contributed by atoms with Gasteiger partial charge in [-0.15, -0.1) is 0 Å². The number of benzene rings is 2. The van der Waals surface area contributed by atoms with E-state index in [0.29, 0.717) is 6.61 Å². The highest BCUT2D eigenvalue weighted by Gasteiger charge is 2.01. The SMILES string of the molecule is CCC(N)Cc1ccc(OCOCc2ccccc2)cc1. The van der Waals surface area contributed by atoms with Crippen LogP contribution in [0.25, 0.3) is 0 Å². The second-order valence-electron chi connectivity index (χ2n) is 5.11. The molecule has 3 nitrogen and oxygen atoms in total. The summed E-state index contributed by atoms with van der Waals surface area (Å²) in [5.74, 6) is 0.817. The van der Waals surface area contributed by atoms with Crippen LogP contribution in [0.5, 0.6) is 5.75 Å². The quantitative estimate of drug-likeness (QED) is 0.596. The molecule has 0 heterocycles. The van der Waals surface area contributed by atoms with Crippen molar-refractivity contribution in [2.75, 3.05) is 6.79 Å². The Balaban J connectivity index is 1.71. The van der Waals surface area contributed by atoms with Crippen LogP contribution in [0.1, 0.15) is 24.5 Å². The first-order valence-electron chi connectivity index (χ1n) is 7.37. The average Bonchev–Trinajstić information content (AvgIpc) is 2.54. The van der Waals surface area contributed by atoms with Crippen LogP contribution < -0.4 is 10.5 Å². The fourth-order valence-corrected chi connectivity index (χ4v) is 2.01. The highest BCUT2D eigenvalue weighted by molar-refractivity contribution is 5.27. The fourth-order valence-electron chi connectivity index (χ4n) is 2.01. The predicted molar refractivity (Wildman–Crippen MR) is 85.1 cm³/mol. The lowest BCUT2D eigenvalue weighted by atomic mass is 10.1. The van der Waals surface area contributed by atoms with Gasteiger partial charge in [-0.3, -0.25) is 0 Å². The summed E-state index contributed by atoms with van der Waals surface area (Å²) < 4.78 is 11.1. The molecular weight excluding hydrogens is 262 g/mol. The number of hydrogen-bond acceptors (Lipinski definition) is 3. The van der Waals surface area contributed by atoms with Gasteiger partial charge in [-0.25, -0.2) is 0 Å². The van der Waals surface area contributed by atoms with Crippen LogP contribution in [-0.2, 0) is 17.8 Å². The second-order valence-corrected chi connectivity index (χ2v) is 5.11. The van der Waals surface area contributed by atoms with E-state index in [1.807, 2.05) is 42.5 Å². The third kappa shape index (κ3) is 5.58. The lowest BCUT2D eigenvalue weighted by Gasteiger charge is -2.10. The Morgan fingerprint density at radius 3 is 2.33 bits per heavy atom. The maximum absolute atomic E-state index is 5.95. The van der Waals surface area contributed by atoms with Crippen molar-refractivity contribution in [2.24, 2.45) is 5.73 Å². The summed E-state index contributed by atoms with van der Waals surface area (Å²) in [4.78, 5) is 0. The van der Waals surface area contributed by atoms with Crippen LogP contribution >= 0.6 is 0 Å². The monoisotopic (exact) mass is 285 g/mol. The van der Waals surface area contributed by atoms with Crippen molar-refractivity contribution >= 4 is 0 Å². The van der Waals surface area contributed by atoms with Crippen molar-refractivity contribution < 1.29 is 9.47 Å². The first kappa shape index (κ1) is 15.5. The molecule has 0 aliphatic heterocycles. The lowest BCUT2D eigenvalue weighted by molar-refractivity contribution is 0.00504. The molecule has 0 aliphatic rings. The summed E-state index contributed by atoms with van der Waals surface area (Å²) >= 11 is 0. The summed E-state index contributed by atoms with van der Waals surface area (Å²) in [7, 11) is 0. The van der Waals surface area contributed by atoms with E-state index >= 15 is 0 Å². The van der Waals surface area contributed by atoms with Gasteiger partial charge in [-0.05, 0) is 36.1 Å². The summed E-state index contributed by atoms with van der Waals surface area (Å²) in [5, 5.41) is 0. The van der Waals surface area contributed by atoms with Crippen molar-refractivity contribution in [1.29, 1.82) is 0 Å². The number of nitrogens with two attached hydrogens (primary N) is 1. The van der Waals surface area contributed by atoms with Crippen LogP contribution in [0.3, 0.4) is 0 Å². The first-order valence-corrected chi connectivity index (χ1v) is 7.37. The Hall–Kier alpha value is -1.84. The Morgan fingerprint density at radius 2 is 1.67 bits per heavy atom. The van der Waals surface area contributed by atoms with E-state index < -0.39 is 0 Å². The van der Waals surface area contributed by atoms with Gasteiger partial charge in [0.05, 0.1) is 6.61 Å². The van der Waals surface area contributed by atoms with Crippen molar-refractivity contribution in [2.45, 2.75) is 32.4 Å². The molecule has 2 rings (SSSR count). The van der Waals surface area contributed by atoms with Gasteiger partial charge < -0.3 is 15.2 Å². The molecule has 2 aromatic carbocycles. The minimum Gasteiger partial charge on any atom is -0.468 e. The molecule has 0 spiro atoms. The highest BCUT2D eigenvalue weighted by Crippen LogP contribution is 2.14. The van der Waals surface area contributed by atoms with Crippen LogP contribution in [-0.4, -0.2) is 12.8 Å². The molecule has 112 valence electrons. The Kier molecular flexibility index (Phi) is 6.25. The van der Waals surface area contributed by atoms with Gasteiger partial charge >= 0.3 is 0 Å². The predicted octanol–water partition coefficient (Wildman–Crippen LogP) is 3.52. The summed E-state index contributed by atoms with van der Waals surface area (Å²) in [6.45, 7) is 2.92. The zero-order valence-electron chi connectivity index (χ0n) is 12.5. The molecule has 1 atom stereocenters. The van der Waals surface area contributed by atoms with E-state index in [0.717, 1.165) is 24.2 Å². The topological polar surface area (TPSA) is 44.5 Å². The van der Waals surface area contributed by atoms with E-state index in [9.17, 15) is 0 Å². The minimum atomic E-state index is 0.228. The molecule has 0 saturated heterocycles. The average molecular weight is 285 g/mol. The normalized spacial score (nSPS) is 12.1. The van der Waals surface area contributed by atoms with Gasteiger partial charge in [-0.2, -0.15) is 0 Å². The maximum atomic E-state index is 5.95. The standard InChI is InChI=1S/C18H23NO2/c1-2-17(19)12-15-8-10-18(11-9-15)21-14-20-13-16-6-4-3-5-7-16/h3-11,17H,2,12-14,19H2,1H3. The molecule has 0 bridgehead atoms. The van der Waals surface area contributed by atoms with Crippen molar-refractivity contribution in [3.63, 3.8) is 0 Å². The maximum Gasteiger partial charge on any atom is 0.189 e. The first-order chi connectivity index (χ1) is 10.3. The second kappa shape index (κ2) is 8.45. The number of ether oxygens (including phenoxy) is 2. The van der Waals surface area contributed by atoms with Gasteiger partial charge in [0.15, 0.2) is 6.79 Å². The highest BCUT2D eigenvalue weighted by atomic mass is 16.7. The number of hydrogen-bond donors (Lipinski definition) is 1. The molecule has 21 heavy (non-hydrogen) atoms. The molecular formula is C18H23NO2. The van der Waals surface area contributed by atoms with Crippen LogP contribution in [0, 0.1) is 0 Å².